The zero-order chi connectivity index (χ0) is 13.0. The van der Waals surface area contributed by atoms with Crippen molar-refractivity contribution in [2.75, 3.05) is 14.2 Å². The summed E-state index contributed by atoms with van der Waals surface area (Å²) >= 11 is 0. The van der Waals surface area contributed by atoms with Crippen LogP contribution in [-0.2, 0) is 0 Å². The summed E-state index contributed by atoms with van der Waals surface area (Å²) in [7, 11) is 3.38. The monoisotopic (exact) mass is 239 g/mol. The first-order valence-electron chi connectivity index (χ1n) is 6.02. The van der Waals surface area contributed by atoms with E-state index in [0.717, 1.165) is 5.56 Å². The zero-order valence-corrected chi connectivity index (χ0v) is 11.3. The predicted molar refractivity (Wildman–Crippen MR) is 68.8 cm³/mol. The first-order chi connectivity index (χ1) is 8.01. The minimum absolute atomic E-state index is 0.162. The molecule has 96 valence electrons. The van der Waals surface area contributed by atoms with Crippen LogP contribution in [-0.4, -0.2) is 14.2 Å². The minimum atomic E-state index is -0.304. The number of hydrogen-bond donors (Lipinski definition) is 1. The summed E-state index contributed by atoms with van der Waals surface area (Å²) < 4.78 is 18.6. The summed E-state index contributed by atoms with van der Waals surface area (Å²) in [6, 6.07) is 5.32. The average molecular weight is 239 g/mol. The molecular formula is C14H22FNO. The van der Waals surface area contributed by atoms with Crippen LogP contribution >= 0.6 is 0 Å². The van der Waals surface area contributed by atoms with E-state index >= 15 is 0 Å². The van der Waals surface area contributed by atoms with E-state index in [9.17, 15) is 4.39 Å². The molecule has 1 N–H and O–H groups in total. The second-order valence-electron chi connectivity index (χ2n) is 4.76. The lowest BCUT2D eigenvalue weighted by Gasteiger charge is -2.27. The Balaban J connectivity index is 3.00. The van der Waals surface area contributed by atoms with Gasteiger partial charge in [-0.25, -0.2) is 4.39 Å². The fourth-order valence-electron chi connectivity index (χ4n) is 1.99. The first kappa shape index (κ1) is 14.0. The molecule has 0 heterocycles. The molecule has 0 amide bonds. The van der Waals surface area contributed by atoms with Crippen LogP contribution in [0, 0.1) is 17.7 Å². The molecule has 0 aliphatic rings. The predicted octanol–water partition coefficient (Wildman–Crippen LogP) is 3.39. The van der Waals surface area contributed by atoms with E-state index in [1.807, 2.05) is 13.1 Å². The van der Waals surface area contributed by atoms with Crippen LogP contribution < -0.4 is 10.1 Å². The molecule has 0 saturated heterocycles. The summed E-state index contributed by atoms with van der Waals surface area (Å²) in [5, 5.41) is 3.26. The molecule has 3 heteroatoms. The van der Waals surface area contributed by atoms with Crippen LogP contribution in [0.2, 0.25) is 0 Å². The van der Waals surface area contributed by atoms with E-state index in [1.54, 1.807) is 12.1 Å². The van der Waals surface area contributed by atoms with Crippen molar-refractivity contribution in [2.24, 2.45) is 11.8 Å². The third kappa shape index (κ3) is 3.19. The lowest BCUT2D eigenvalue weighted by Crippen LogP contribution is -2.26. The highest BCUT2D eigenvalue weighted by Crippen LogP contribution is 2.29. The van der Waals surface area contributed by atoms with E-state index in [4.69, 9.17) is 4.74 Å². The SMILES string of the molecule is CNC(c1ccc(OC)c(F)c1)C(C)C(C)C. The van der Waals surface area contributed by atoms with Gasteiger partial charge < -0.3 is 10.1 Å². The lowest BCUT2D eigenvalue weighted by molar-refractivity contribution is 0.315. The number of halogens is 1. The number of benzene rings is 1. The smallest absolute Gasteiger partial charge is 0.165 e. The molecule has 2 atom stereocenters. The van der Waals surface area contributed by atoms with Gasteiger partial charge in [-0.05, 0) is 36.6 Å². The molecule has 0 aliphatic heterocycles. The normalized spacial score (nSPS) is 14.8. The van der Waals surface area contributed by atoms with E-state index in [0.29, 0.717) is 17.6 Å². The molecule has 0 spiro atoms. The quantitative estimate of drug-likeness (QED) is 0.850. The fourth-order valence-corrected chi connectivity index (χ4v) is 1.99. The summed E-state index contributed by atoms with van der Waals surface area (Å²) in [4.78, 5) is 0. The van der Waals surface area contributed by atoms with E-state index < -0.39 is 0 Å². The van der Waals surface area contributed by atoms with Gasteiger partial charge >= 0.3 is 0 Å². The number of methoxy groups -OCH3 is 1. The van der Waals surface area contributed by atoms with Gasteiger partial charge in [-0.1, -0.05) is 26.8 Å². The summed E-state index contributed by atoms with van der Waals surface area (Å²) in [5.74, 6) is 0.965. The zero-order valence-electron chi connectivity index (χ0n) is 11.3. The van der Waals surface area contributed by atoms with E-state index in [-0.39, 0.29) is 11.9 Å². The summed E-state index contributed by atoms with van der Waals surface area (Å²) in [5.41, 5.74) is 0.965. The molecule has 17 heavy (non-hydrogen) atoms. The molecule has 1 aromatic carbocycles. The van der Waals surface area contributed by atoms with Crippen LogP contribution in [0.25, 0.3) is 0 Å². The van der Waals surface area contributed by atoms with Crippen LogP contribution in [0.15, 0.2) is 18.2 Å². The van der Waals surface area contributed by atoms with Crippen LogP contribution in [0.5, 0.6) is 5.75 Å². The first-order valence-corrected chi connectivity index (χ1v) is 6.02. The Bertz CT molecular complexity index is 365. The van der Waals surface area contributed by atoms with Crippen molar-refractivity contribution in [1.82, 2.24) is 5.32 Å². The maximum absolute atomic E-state index is 13.7. The molecule has 0 fully saturated rings. The topological polar surface area (TPSA) is 21.3 Å². The molecule has 0 aliphatic carbocycles. The number of ether oxygens (including phenoxy) is 1. The second kappa shape index (κ2) is 6.01. The summed E-state index contributed by atoms with van der Waals surface area (Å²) in [6.45, 7) is 6.53. The van der Waals surface area contributed by atoms with E-state index in [2.05, 4.69) is 26.1 Å². The molecule has 1 aromatic rings. The standard InChI is InChI=1S/C14H22FNO/c1-9(2)10(3)14(16-4)11-6-7-13(17-5)12(15)8-11/h6-10,14,16H,1-5H3. The third-order valence-electron chi connectivity index (χ3n) is 3.42. The molecular weight excluding hydrogens is 217 g/mol. The van der Waals surface area contributed by atoms with Gasteiger partial charge in [-0.2, -0.15) is 0 Å². The van der Waals surface area contributed by atoms with Crippen LogP contribution in [0.1, 0.15) is 32.4 Å². The maximum Gasteiger partial charge on any atom is 0.165 e. The number of nitrogens with one attached hydrogen (secondary N) is 1. The van der Waals surface area contributed by atoms with Crippen molar-refractivity contribution in [3.05, 3.63) is 29.6 Å². The number of rotatable bonds is 5. The lowest BCUT2D eigenvalue weighted by atomic mass is 9.86. The Kier molecular flexibility index (Phi) is 4.94. The highest BCUT2D eigenvalue weighted by Gasteiger charge is 2.21. The number of hydrogen-bond acceptors (Lipinski definition) is 2. The Labute approximate surface area is 103 Å². The Morgan fingerprint density at radius 2 is 1.88 bits per heavy atom. The maximum atomic E-state index is 13.7. The van der Waals surface area contributed by atoms with Crippen LogP contribution in [0.3, 0.4) is 0 Å². The largest absolute Gasteiger partial charge is 0.494 e. The molecule has 0 saturated carbocycles. The second-order valence-corrected chi connectivity index (χ2v) is 4.76. The van der Waals surface area contributed by atoms with Gasteiger partial charge in [0.25, 0.3) is 0 Å². The van der Waals surface area contributed by atoms with Crippen molar-refractivity contribution < 1.29 is 9.13 Å². The van der Waals surface area contributed by atoms with Crippen molar-refractivity contribution in [3.8, 4) is 5.75 Å². The van der Waals surface area contributed by atoms with Crippen molar-refractivity contribution >= 4 is 0 Å². The summed E-state index contributed by atoms with van der Waals surface area (Å²) in [6.07, 6.45) is 0. The van der Waals surface area contributed by atoms with Gasteiger partial charge in [-0.3, -0.25) is 0 Å². The van der Waals surface area contributed by atoms with Gasteiger partial charge in [0.05, 0.1) is 7.11 Å². The molecule has 2 nitrogen and oxygen atoms in total. The van der Waals surface area contributed by atoms with Crippen molar-refractivity contribution in [1.29, 1.82) is 0 Å². The Morgan fingerprint density at radius 1 is 1.24 bits per heavy atom. The fraction of sp³-hybridized carbons (Fsp3) is 0.571. The molecule has 1 rings (SSSR count). The van der Waals surface area contributed by atoms with Gasteiger partial charge in [-0.15, -0.1) is 0 Å². The van der Waals surface area contributed by atoms with Crippen LogP contribution in [0.4, 0.5) is 4.39 Å². The average Bonchev–Trinajstić information content (AvgIpc) is 2.30. The molecule has 0 radical (unpaired) electrons. The van der Waals surface area contributed by atoms with Gasteiger partial charge in [0.15, 0.2) is 11.6 Å². The van der Waals surface area contributed by atoms with Crippen molar-refractivity contribution in [3.63, 3.8) is 0 Å². The van der Waals surface area contributed by atoms with E-state index in [1.165, 1.54) is 7.11 Å². The van der Waals surface area contributed by atoms with Crippen molar-refractivity contribution in [2.45, 2.75) is 26.8 Å². The third-order valence-corrected chi connectivity index (χ3v) is 3.42. The molecule has 0 bridgehead atoms. The van der Waals surface area contributed by atoms with Gasteiger partial charge in [0.1, 0.15) is 0 Å². The Morgan fingerprint density at radius 3 is 2.29 bits per heavy atom. The van der Waals surface area contributed by atoms with Gasteiger partial charge in [0.2, 0.25) is 0 Å². The highest BCUT2D eigenvalue weighted by molar-refractivity contribution is 5.31. The molecule has 0 aromatic heterocycles. The van der Waals surface area contributed by atoms with Gasteiger partial charge in [0, 0.05) is 6.04 Å². The Hall–Kier alpha value is -1.09. The molecule has 2 unspecified atom stereocenters. The minimum Gasteiger partial charge on any atom is -0.494 e. The highest BCUT2D eigenvalue weighted by atomic mass is 19.1.